The van der Waals surface area contributed by atoms with E-state index in [1.165, 1.54) is 10.4 Å². The summed E-state index contributed by atoms with van der Waals surface area (Å²) in [7, 11) is -3.97. The molecule has 0 aromatic heterocycles. The van der Waals surface area contributed by atoms with E-state index in [1.807, 2.05) is 0 Å². The van der Waals surface area contributed by atoms with Gasteiger partial charge in [-0.3, -0.25) is 4.79 Å². The van der Waals surface area contributed by atoms with Crippen LogP contribution in [-0.2, 0) is 10.0 Å². The Labute approximate surface area is 173 Å². The molecule has 150 valence electrons. The minimum Gasteiger partial charge on any atom is -0.345 e. The summed E-state index contributed by atoms with van der Waals surface area (Å²) in [6.07, 6.45) is 1.47. The highest BCUT2D eigenvalue weighted by molar-refractivity contribution is 7.89. The maximum Gasteiger partial charge on any atom is 0.251 e. The van der Waals surface area contributed by atoms with Gasteiger partial charge in [-0.05, 0) is 55.7 Å². The number of halogens is 3. The van der Waals surface area contributed by atoms with Crippen molar-refractivity contribution in [3.8, 4) is 0 Å². The van der Waals surface area contributed by atoms with Crippen LogP contribution in [0.2, 0.25) is 10.0 Å². The topological polar surface area (TPSA) is 66.5 Å². The van der Waals surface area contributed by atoms with Crippen LogP contribution < -0.4 is 5.32 Å². The van der Waals surface area contributed by atoms with Gasteiger partial charge in [-0.15, -0.1) is 0 Å². The first-order valence-corrected chi connectivity index (χ1v) is 11.0. The second-order valence-electron chi connectivity index (χ2n) is 6.62. The normalized spacial score (nSPS) is 16.1. The number of carbonyl (C=O) groups is 1. The van der Waals surface area contributed by atoms with Crippen molar-refractivity contribution < 1.29 is 17.6 Å². The smallest absolute Gasteiger partial charge is 0.251 e. The maximum absolute atomic E-state index is 14.2. The third-order valence-electron chi connectivity index (χ3n) is 4.65. The van der Waals surface area contributed by atoms with Crippen molar-refractivity contribution in [3.63, 3.8) is 0 Å². The Kier molecular flexibility index (Phi) is 6.29. The SMILES string of the molecule is C[C@@H](NC(=O)c1ccc(F)c(S(=O)(=O)N2CCCC2)c1)c1ccc(Cl)cc1Cl. The van der Waals surface area contributed by atoms with E-state index >= 15 is 0 Å². The lowest BCUT2D eigenvalue weighted by atomic mass is 10.1. The molecule has 0 spiro atoms. The fourth-order valence-electron chi connectivity index (χ4n) is 3.12. The molecule has 0 saturated carbocycles. The predicted octanol–water partition coefficient (Wildman–Crippen LogP) is 4.41. The lowest BCUT2D eigenvalue weighted by Gasteiger charge is -2.18. The minimum absolute atomic E-state index is 0.0520. The monoisotopic (exact) mass is 444 g/mol. The molecule has 1 saturated heterocycles. The van der Waals surface area contributed by atoms with Gasteiger partial charge in [0.05, 0.1) is 6.04 Å². The molecule has 2 aromatic rings. The highest BCUT2D eigenvalue weighted by Crippen LogP contribution is 2.27. The molecule has 0 radical (unpaired) electrons. The largest absolute Gasteiger partial charge is 0.345 e. The summed E-state index contributed by atoms with van der Waals surface area (Å²) < 4.78 is 40.8. The third kappa shape index (κ3) is 4.33. The van der Waals surface area contributed by atoms with E-state index in [0.717, 1.165) is 25.0 Å². The molecular weight excluding hydrogens is 426 g/mol. The first-order valence-electron chi connectivity index (χ1n) is 8.75. The van der Waals surface area contributed by atoms with Gasteiger partial charge in [0.25, 0.3) is 5.91 Å². The number of benzene rings is 2. The zero-order valence-electron chi connectivity index (χ0n) is 15.1. The number of hydrogen-bond acceptors (Lipinski definition) is 3. The summed E-state index contributed by atoms with van der Waals surface area (Å²) in [5, 5.41) is 3.62. The Hall–Kier alpha value is -1.67. The maximum atomic E-state index is 14.2. The number of nitrogens with zero attached hydrogens (tertiary/aromatic N) is 1. The predicted molar refractivity (Wildman–Crippen MR) is 107 cm³/mol. The number of sulfonamides is 1. The molecule has 1 fully saturated rings. The average Bonchev–Trinajstić information content (AvgIpc) is 3.17. The molecule has 0 bridgehead atoms. The third-order valence-corrected chi connectivity index (χ3v) is 7.13. The van der Waals surface area contributed by atoms with Gasteiger partial charge in [0.1, 0.15) is 10.7 Å². The van der Waals surface area contributed by atoms with Crippen molar-refractivity contribution in [2.24, 2.45) is 0 Å². The quantitative estimate of drug-likeness (QED) is 0.742. The van der Waals surface area contributed by atoms with Crippen molar-refractivity contribution >= 4 is 39.1 Å². The zero-order chi connectivity index (χ0) is 20.5. The van der Waals surface area contributed by atoms with E-state index in [9.17, 15) is 17.6 Å². The summed E-state index contributed by atoms with van der Waals surface area (Å²) in [5.41, 5.74) is 0.711. The zero-order valence-corrected chi connectivity index (χ0v) is 17.4. The van der Waals surface area contributed by atoms with Gasteiger partial charge < -0.3 is 5.32 Å². The Morgan fingerprint density at radius 1 is 1.14 bits per heavy atom. The van der Waals surface area contributed by atoms with Gasteiger partial charge in [-0.1, -0.05) is 29.3 Å². The summed E-state index contributed by atoms with van der Waals surface area (Å²) in [4.78, 5) is 12.1. The molecule has 1 aliphatic heterocycles. The number of carbonyl (C=O) groups excluding carboxylic acids is 1. The molecule has 3 rings (SSSR count). The fourth-order valence-corrected chi connectivity index (χ4v) is 5.30. The molecule has 1 N–H and O–H groups in total. The minimum atomic E-state index is -3.97. The molecule has 28 heavy (non-hydrogen) atoms. The van der Waals surface area contributed by atoms with E-state index in [0.29, 0.717) is 28.7 Å². The molecule has 5 nitrogen and oxygen atoms in total. The summed E-state index contributed by atoms with van der Waals surface area (Å²) in [6, 6.07) is 7.80. The van der Waals surface area contributed by atoms with E-state index in [-0.39, 0.29) is 5.56 Å². The molecule has 1 atom stereocenters. The van der Waals surface area contributed by atoms with Crippen molar-refractivity contribution in [3.05, 3.63) is 63.4 Å². The fraction of sp³-hybridized carbons (Fsp3) is 0.316. The van der Waals surface area contributed by atoms with Crippen molar-refractivity contribution in [2.45, 2.75) is 30.7 Å². The highest BCUT2D eigenvalue weighted by Gasteiger charge is 2.30. The van der Waals surface area contributed by atoms with E-state index < -0.39 is 32.7 Å². The lowest BCUT2D eigenvalue weighted by molar-refractivity contribution is 0.0939. The van der Waals surface area contributed by atoms with Crippen LogP contribution in [0.4, 0.5) is 4.39 Å². The second kappa shape index (κ2) is 8.37. The average molecular weight is 445 g/mol. The van der Waals surface area contributed by atoms with E-state index in [4.69, 9.17) is 23.2 Å². The number of hydrogen-bond donors (Lipinski definition) is 1. The molecule has 1 aliphatic rings. The number of rotatable bonds is 5. The van der Waals surface area contributed by atoms with Gasteiger partial charge in [0.15, 0.2) is 0 Å². The van der Waals surface area contributed by atoms with Crippen molar-refractivity contribution in [1.29, 1.82) is 0 Å². The highest BCUT2D eigenvalue weighted by atomic mass is 35.5. The van der Waals surface area contributed by atoms with Crippen LogP contribution in [0.3, 0.4) is 0 Å². The molecule has 0 aliphatic carbocycles. The van der Waals surface area contributed by atoms with Crippen LogP contribution >= 0.6 is 23.2 Å². The van der Waals surface area contributed by atoms with Gasteiger partial charge in [-0.25, -0.2) is 12.8 Å². The van der Waals surface area contributed by atoms with Gasteiger partial charge >= 0.3 is 0 Å². The van der Waals surface area contributed by atoms with Crippen molar-refractivity contribution in [1.82, 2.24) is 9.62 Å². The van der Waals surface area contributed by atoms with Crippen LogP contribution in [0.15, 0.2) is 41.3 Å². The van der Waals surface area contributed by atoms with E-state index in [1.54, 1.807) is 25.1 Å². The van der Waals surface area contributed by atoms with Crippen LogP contribution in [0.25, 0.3) is 0 Å². The summed E-state index contributed by atoms with van der Waals surface area (Å²) >= 11 is 12.0. The first kappa shape index (κ1) is 21.0. The van der Waals surface area contributed by atoms with Gasteiger partial charge in [0, 0.05) is 28.7 Å². The lowest BCUT2D eigenvalue weighted by Crippen LogP contribution is -2.30. The van der Waals surface area contributed by atoms with Crippen LogP contribution in [0.1, 0.15) is 41.7 Å². The molecule has 2 aromatic carbocycles. The Balaban J connectivity index is 1.84. The summed E-state index contributed by atoms with van der Waals surface area (Å²) in [5.74, 6) is -1.41. The van der Waals surface area contributed by atoms with E-state index in [2.05, 4.69) is 5.32 Å². The second-order valence-corrected chi connectivity index (χ2v) is 9.37. The molecule has 1 amide bonds. The Morgan fingerprint density at radius 2 is 1.82 bits per heavy atom. The van der Waals surface area contributed by atoms with Crippen LogP contribution in [-0.4, -0.2) is 31.7 Å². The van der Waals surface area contributed by atoms with Crippen molar-refractivity contribution in [2.75, 3.05) is 13.1 Å². The Bertz CT molecular complexity index is 1010. The number of nitrogens with one attached hydrogen (secondary N) is 1. The van der Waals surface area contributed by atoms with Gasteiger partial charge in [0.2, 0.25) is 10.0 Å². The molecule has 9 heteroatoms. The molecule has 0 unspecified atom stereocenters. The summed E-state index contributed by atoms with van der Waals surface area (Å²) in [6.45, 7) is 2.44. The number of amides is 1. The van der Waals surface area contributed by atoms with Crippen LogP contribution in [0.5, 0.6) is 0 Å². The van der Waals surface area contributed by atoms with Gasteiger partial charge in [-0.2, -0.15) is 4.31 Å². The Morgan fingerprint density at radius 3 is 2.46 bits per heavy atom. The standard InChI is InChI=1S/C19H19Cl2FN2O3S/c1-12(15-6-5-14(20)11-16(15)21)23-19(25)13-4-7-17(22)18(10-13)28(26,27)24-8-2-3-9-24/h4-7,10-12H,2-3,8-9H2,1H3,(H,23,25)/t12-/m1/s1. The molecular formula is C19H19Cl2FN2O3S. The first-order chi connectivity index (χ1) is 13.2. The van der Waals surface area contributed by atoms with Crippen LogP contribution in [0, 0.1) is 5.82 Å². The molecule has 1 heterocycles.